The number of para-hydroxylation sites is 1. The van der Waals surface area contributed by atoms with Crippen LogP contribution in [0.5, 0.6) is 0 Å². The number of nitrogens with zero attached hydrogens (tertiary/aromatic N) is 3. The average molecular weight is 318 g/mol. The molecule has 24 heavy (non-hydrogen) atoms. The lowest BCUT2D eigenvalue weighted by Gasteiger charge is -2.03. The van der Waals surface area contributed by atoms with Gasteiger partial charge in [0.15, 0.2) is 5.82 Å². The molecule has 0 spiro atoms. The predicted octanol–water partition coefficient (Wildman–Crippen LogP) is 5.38. The lowest BCUT2D eigenvalue weighted by molar-refractivity contribution is 0.628. The Hall–Kier alpha value is -3.34. The van der Waals surface area contributed by atoms with Gasteiger partial charge in [0, 0.05) is 5.56 Å². The highest BCUT2D eigenvalue weighted by molar-refractivity contribution is 5.99. The van der Waals surface area contributed by atoms with E-state index in [1.54, 1.807) is 18.2 Å². The Morgan fingerprint density at radius 3 is 2.08 bits per heavy atom. The largest absolute Gasteiger partial charge is 0.276 e. The van der Waals surface area contributed by atoms with Gasteiger partial charge in [-0.3, -0.25) is 5.43 Å². The van der Waals surface area contributed by atoms with Crippen LogP contribution < -0.4 is 5.43 Å². The Morgan fingerprint density at radius 1 is 0.750 bits per heavy atom. The molecule has 0 bridgehead atoms. The van der Waals surface area contributed by atoms with Crippen molar-refractivity contribution in [2.75, 3.05) is 5.43 Å². The molecule has 118 valence electrons. The number of anilines is 1. The highest BCUT2D eigenvalue weighted by Crippen LogP contribution is 2.17. The van der Waals surface area contributed by atoms with Crippen molar-refractivity contribution in [2.24, 2.45) is 15.3 Å². The third-order valence-corrected chi connectivity index (χ3v) is 3.20. The fraction of sp³-hybridized carbons (Fsp3) is 0. The summed E-state index contributed by atoms with van der Waals surface area (Å²) in [6, 6.07) is 25.1. The van der Waals surface area contributed by atoms with Crippen LogP contribution in [0.4, 0.5) is 15.8 Å². The van der Waals surface area contributed by atoms with Crippen molar-refractivity contribution in [3.05, 3.63) is 96.3 Å². The minimum atomic E-state index is -0.426. The maximum Gasteiger partial charge on any atom is 0.201 e. The van der Waals surface area contributed by atoms with E-state index < -0.39 is 5.82 Å². The zero-order chi connectivity index (χ0) is 16.6. The second-order valence-electron chi connectivity index (χ2n) is 4.93. The van der Waals surface area contributed by atoms with E-state index in [0.717, 1.165) is 11.3 Å². The van der Waals surface area contributed by atoms with Crippen molar-refractivity contribution in [2.45, 2.75) is 0 Å². The van der Waals surface area contributed by atoms with E-state index in [-0.39, 0.29) is 5.69 Å². The molecule has 0 amide bonds. The average Bonchev–Trinajstić information content (AvgIpc) is 2.65. The van der Waals surface area contributed by atoms with Gasteiger partial charge in [-0.25, -0.2) is 4.39 Å². The molecule has 0 atom stereocenters. The van der Waals surface area contributed by atoms with Gasteiger partial charge < -0.3 is 0 Å². The second-order valence-corrected chi connectivity index (χ2v) is 4.93. The van der Waals surface area contributed by atoms with Gasteiger partial charge in [0.25, 0.3) is 0 Å². The number of hydrogen-bond acceptors (Lipinski definition) is 3. The van der Waals surface area contributed by atoms with E-state index in [9.17, 15) is 4.39 Å². The molecule has 0 aliphatic heterocycles. The van der Waals surface area contributed by atoms with E-state index in [1.165, 1.54) is 6.07 Å². The van der Waals surface area contributed by atoms with Gasteiger partial charge in [0.2, 0.25) is 5.84 Å². The Morgan fingerprint density at radius 2 is 1.38 bits per heavy atom. The van der Waals surface area contributed by atoms with E-state index in [2.05, 4.69) is 20.8 Å². The lowest BCUT2D eigenvalue weighted by atomic mass is 10.2. The molecule has 0 aliphatic rings. The number of hydrogen-bond donors (Lipinski definition) is 1. The Labute approximate surface area is 139 Å². The highest BCUT2D eigenvalue weighted by atomic mass is 19.1. The molecule has 1 N–H and O–H groups in total. The molecule has 0 aliphatic carbocycles. The number of amidine groups is 1. The summed E-state index contributed by atoms with van der Waals surface area (Å²) in [6.45, 7) is 0. The van der Waals surface area contributed by atoms with Gasteiger partial charge in [-0.2, -0.15) is 5.10 Å². The zero-order valence-electron chi connectivity index (χ0n) is 12.8. The quantitative estimate of drug-likeness (QED) is 0.298. The predicted molar refractivity (Wildman–Crippen MR) is 94.0 cm³/mol. The van der Waals surface area contributed by atoms with Crippen LogP contribution in [0.2, 0.25) is 0 Å². The Balaban J connectivity index is 1.89. The molecule has 0 fully saturated rings. The molecular weight excluding hydrogens is 303 g/mol. The molecule has 0 heterocycles. The molecule has 3 rings (SSSR count). The maximum absolute atomic E-state index is 13.7. The smallest absolute Gasteiger partial charge is 0.201 e. The summed E-state index contributed by atoms with van der Waals surface area (Å²) in [5, 5.41) is 12.4. The van der Waals surface area contributed by atoms with Gasteiger partial charge in [-0.15, -0.1) is 10.2 Å². The number of azo groups is 1. The third-order valence-electron chi connectivity index (χ3n) is 3.20. The van der Waals surface area contributed by atoms with Crippen LogP contribution in [0.3, 0.4) is 0 Å². The molecule has 3 aromatic rings. The third kappa shape index (κ3) is 4.10. The van der Waals surface area contributed by atoms with Crippen molar-refractivity contribution < 1.29 is 4.39 Å². The first-order chi connectivity index (χ1) is 11.8. The SMILES string of the molecule is Fc1ccccc1N=N/C(=N/Nc1ccccc1)c1ccccc1. The molecule has 0 unspecified atom stereocenters. The normalized spacial score (nSPS) is 11.6. The summed E-state index contributed by atoms with van der Waals surface area (Å²) in [7, 11) is 0. The summed E-state index contributed by atoms with van der Waals surface area (Å²) < 4.78 is 13.7. The molecule has 0 saturated heterocycles. The van der Waals surface area contributed by atoms with E-state index >= 15 is 0 Å². The number of halogens is 1. The summed E-state index contributed by atoms with van der Waals surface area (Å²) in [6.07, 6.45) is 0. The van der Waals surface area contributed by atoms with E-state index in [1.807, 2.05) is 60.7 Å². The summed E-state index contributed by atoms with van der Waals surface area (Å²) >= 11 is 0. The molecule has 5 heteroatoms. The zero-order valence-corrected chi connectivity index (χ0v) is 12.8. The fourth-order valence-electron chi connectivity index (χ4n) is 2.00. The number of hydrazone groups is 1. The van der Waals surface area contributed by atoms with Gasteiger partial charge in [0.1, 0.15) is 5.69 Å². The summed E-state index contributed by atoms with van der Waals surface area (Å²) in [5.74, 6) is -0.0626. The fourth-order valence-corrected chi connectivity index (χ4v) is 2.00. The van der Waals surface area contributed by atoms with Crippen molar-refractivity contribution in [1.82, 2.24) is 0 Å². The van der Waals surface area contributed by atoms with Crippen LogP contribution >= 0.6 is 0 Å². The molecule has 0 aromatic heterocycles. The minimum Gasteiger partial charge on any atom is -0.276 e. The van der Waals surface area contributed by atoms with Gasteiger partial charge in [0.05, 0.1) is 5.69 Å². The van der Waals surface area contributed by atoms with Crippen molar-refractivity contribution >= 4 is 17.2 Å². The minimum absolute atomic E-state index is 0.167. The monoisotopic (exact) mass is 318 g/mol. The first-order valence-electron chi connectivity index (χ1n) is 7.43. The lowest BCUT2D eigenvalue weighted by Crippen LogP contribution is -2.01. The van der Waals surface area contributed by atoms with Crippen LogP contribution in [0.1, 0.15) is 5.56 Å². The standard InChI is InChI=1S/C19H15FN4/c20-17-13-7-8-14-18(17)22-24-19(15-9-3-1-4-10-15)23-21-16-11-5-2-6-12-16/h1-14,21H/b23-19+,24-22?. The number of rotatable bonds is 4. The van der Waals surface area contributed by atoms with Crippen molar-refractivity contribution in [3.8, 4) is 0 Å². The van der Waals surface area contributed by atoms with Gasteiger partial charge in [-0.1, -0.05) is 60.7 Å². The summed E-state index contributed by atoms with van der Waals surface area (Å²) in [4.78, 5) is 0. The maximum atomic E-state index is 13.7. The molecule has 0 radical (unpaired) electrons. The summed E-state index contributed by atoms with van der Waals surface area (Å²) in [5.41, 5.74) is 4.71. The van der Waals surface area contributed by atoms with Gasteiger partial charge in [-0.05, 0) is 24.3 Å². The topological polar surface area (TPSA) is 49.1 Å². The highest BCUT2D eigenvalue weighted by Gasteiger charge is 2.04. The first-order valence-corrected chi connectivity index (χ1v) is 7.43. The number of benzene rings is 3. The van der Waals surface area contributed by atoms with Crippen LogP contribution in [0, 0.1) is 5.82 Å². The van der Waals surface area contributed by atoms with Crippen LogP contribution in [0.15, 0.2) is 100 Å². The van der Waals surface area contributed by atoms with E-state index in [0.29, 0.717) is 5.84 Å². The Kier molecular flexibility index (Phi) is 5.04. The first kappa shape index (κ1) is 15.6. The Bertz CT molecular complexity index is 846. The van der Waals surface area contributed by atoms with E-state index in [4.69, 9.17) is 0 Å². The van der Waals surface area contributed by atoms with Gasteiger partial charge >= 0.3 is 0 Å². The molecule has 4 nitrogen and oxygen atoms in total. The van der Waals surface area contributed by atoms with Crippen molar-refractivity contribution in [1.29, 1.82) is 0 Å². The molecular formula is C19H15FN4. The van der Waals surface area contributed by atoms with Crippen LogP contribution in [0.25, 0.3) is 0 Å². The molecule has 0 saturated carbocycles. The van der Waals surface area contributed by atoms with Crippen LogP contribution in [-0.2, 0) is 0 Å². The van der Waals surface area contributed by atoms with Crippen LogP contribution in [-0.4, -0.2) is 5.84 Å². The molecule has 3 aromatic carbocycles. The van der Waals surface area contributed by atoms with Crippen molar-refractivity contribution in [3.63, 3.8) is 0 Å². The second kappa shape index (κ2) is 7.78. The number of nitrogens with one attached hydrogen (secondary N) is 1.